The number of rotatable bonds is 6. The van der Waals surface area contributed by atoms with Gasteiger partial charge < -0.3 is 15.0 Å². The molecule has 1 aromatic carbocycles. The SMILES string of the molecule is CC(OC(=O)CN1C(=O)NC(C)(C)C1=O)C(=O)N(C)Cc1cccc(F)c1. The summed E-state index contributed by atoms with van der Waals surface area (Å²) in [6.45, 7) is 3.98. The fraction of sp³-hybridized carbons (Fsp3) is 0.444. The second-order valence-electron chi connectivity index (χ2n) is 6.90. The van der Waals surface area contributed by atoms with Crippen LogP contribution in [0.25, 0.3) is 0 Å². The van der Waals surface area contributed by atoms with Crippen molar-refractivity contribution in [3.63, 3.8) is 0 Å². The van der Waals surface area contributed by atoms with Crippen LogP contribution in [0.15, 0.2) is 24.3 Å². The van der Waals surface area contributed by atoms with Crippen LogP contribution in [0, 0.1) is 5.82 Å². The van der Waals surface area contributed by atoms with E-state index in [1.807, 2.05) is 0 Å². The third-order valence-corrected chi connectivity index (χ3v) is 4.07. The second kappa shape index (κ2) is 7.73. The zero-order chi connectivity index (χ0) is 20.4. The maximum Gasteiger partial charge on any atom is 0.327 e. The van der Waals surface area contributed by atoms with Crippen LogP contribution in [0.3, 0.4) is 0 Å². The van der Waals surface area contributed by atoms with Crippen LogP contribution in [-0.4, -0.2) is 58.8 Å². The molecule has 27 heavy (non-hydrogen) atoms. The number of ether oxygens (including phenoxy) is 1. The van der Waals surface area contributed by atoms with E-state index in [0.717, 1.165) is 4.90 Å². The van der Waals surface area contributed by atoms with Crippen molar-refractivity contribution in [2.75, 3.05) is 13.6 Å². The highest BCUT2D eigenvalue weighted by Gasteiger charge is 2.45. The molecule has 8 nitrogen and oxygen atoms in total. The number of halogens is 1. The molecular formula is C18H22FN3O5. The molecule has 1 aliphatic heterocycles. The van der Waals surface area contributed by atoms with Crippen molar-refractivity contribution in [2.24, 2.45) is 0 Å². The van der Waals surface area contributed by atoms with Gasteiger partial charge in [0.2, 0.25) is 0 Å². The summed E-state index contributed by atoms with van der Waals surface area (Å²) < 4.78 is 18.3. The van der Waals surface area contributed by atoms with Gasteiger partial charge in [0.1, 0.15) is 17.9 Å². The average Bonchev–Trinajstić information content (AvgIpc) is 2.75. The van der Waals surface area contributed by atoms with Gasteiger partial charge in [-0.25, -0.2) is 9.18 Å². The molecule has 0 aromatic heterocycles. The largest absolute Gasteiger partial charge is 0.451 e. The lowest BCUT2D eigenvalue weighted by Gasteiger charge is -2.22. The van der Waals surface area contributed by atoms with Crippen molar-refractivity contribution in [3.05, 3.63) is 35.6 Å². The van der Waals surface area contributed by atoms with E-state index in [0.29, 0.717) is 5.56 Å². The molecule has 2 rings (SSSR count). The number of hydrogen-bond donors (Lipinski definition) is 1. The highest BCUT2D eigenvalue weighted by atomic mass is 19.1. The molecule has 1 N–H and O–H groups in total. The molecule has 1 unspecified atom stereocenters. The highest BCUT2D eigenvalue weighted by molar-refractivity contribution is 6.08. The first-order valence-corrected chi connectivity index (χ1v) is 8.34. The van der Waals surface area contributed by atoms with E-state index in [-0.39, 0.29) is 6.54 Å². The average molecular weight is 379 g/mol. The number of hydrogen-bond acceptors (Lipinski definition) is 5. The summed E-state index contributed by atoms with van der Waals surface area (Å²) in [7, 11) is 1.50. The van der Waals surface area contributed by atoms with E-state index in [4.69, 9.17) is 4.74 Å². The second-order valence-corrected chi connectivity index (χ2v) is 6.90. The minimum Gasteiger partial charge on any atom is -0.451 e. The normalized spacial score (nSPS) is 16.7. The van der Waals surface area contributed by atoms with Crippen LogP contribution in [0.1, 0.15) is 26.3 Å². The molecule has 4 amide bonds. The first-order chi connectivity index (χ1) is 12.5. The monoisotopic (exact) mass is 379 g/mol. The molecule has 0 aliphatic carbocycles. The minimum absolute atomic E-state index is 0.139. The van der Waals surface area contributed by atoms with Gasteiger partial charge in [-0.1, -0.05) is 12.1 Å². The van der Waals surface area contributed by atoms with Gasteiger partial charge in [0.05, 0.1) is 0 Å². The van der Waals surface area contributed by atoms with Crippen molar-refractivity contribution in [3.8, 4) is 0 Å². The Kier molecular flexibility index (Phi) is 5.82. The van der Waals surface area contributed by atoms with Gasteiger partial charge >= 0.3 is 12.0 Å². The maximum absolute atomic E-state index is 13.2. The third kappa shape index (κ3) is 4.81. The molecule has 0 radical (unpaired) electrons. The van der Waals surface area contributed by atoms with E-state index in [1.165, 1.54) is 50.9 Å². The van der Waals surface area contributed by atoms with Crippen LogP contribution >= 0.6 is 0 Å². The quantitative estimate of drug-likeness (QED) is 0.589. The van der Waals surface area contributed by atoms with Crippen LogP contribution in [0.4, 0.5) is 9.18 Å². The molecule has 0 spiro atoms. The topological polar surface area (TPSA) is 96.0 Å². The highest BCUT2D eigenvalue weighted by Crippen LogP contribution is 2.16. The number of nitrogens with one attached hydrogen (secondary N) is 1. The lowest BCUT2D eigenvalue weighted by molar-refractivity contribution is -0.160. The number of carbonyl (C=O) groups excluding carboxylic acids is 4. The standard InChI is InChI=1S/C18H22FN3O5/c1-11(15(24)21(4)9-12-6-5-7-13(19)8-12)27-14(23)10-22-16(25)18(2,3)20-17(22)26/h5-8,11H,9-10H2,1-4H3,(H,20,26). The number of benzene rings is 1. The number of carbonyl (C=O) groups is 4. The van der Waals surface area contributed by atoms with Gasteiger partial charge in [-0.05, 0) is 38.5 Å². The Morgan fingerprint density at radius 1 is 1.33 bits per heavy atom. The number of esters is 1. The molecule has 0 bridgehead atoms. The van der Waals surface area contributed by atoms with Crippen molar-refractivity contribution in [1.82, 2.24) is 15.1 Å². The summed E-state index contributed by atoms with van der Waals surface area (Å²) in [4.78, 5) is 50.2. The number of nitrogens with zero attached hydrogens (tertiary/aromatic N) is 2. The summed E-state index contributed by atoms with van der Waals surface area (Å²) in [6, 6.07) is 5.12. The smallest absolute Gasteiger partial charge is 0.327 e. The molecule has 1 aromatic rings. The zero-order valence-electron chi connectivity index (χ0n) is 15.6. The maximum atomic E-state index is 13.2. The third-order valence-electron chi connectivity index (χ3n) is 4.07. The molecule has 9 heteroatoms. The number of likely N-dealkylation sites (N-methyl/N-ethyl adjacent to an activating group) is 1. The Bertz CT molecular complexity index is 780. The van der Waals surface area contributed by atoms with E-state index in [2.05, 4.69) is 5.32 Å². The predicted molar refractivity (Wildman–Crippen MR) is 92.8 cm³/mol. The molecule has 1 heterocycles. The summed E-state index contributed by atoms with van der Waals surface area (Å²) in [5.74, 6) is -2.34. The lowest BCUT2D eigenvalue weighted by atomic mass is 10.1. The van der Waals surface area contributed by atoms with E-state index in [1.54, 1.807) is 6.07 Å². The van der Waals surface area contributed by atoms with Crippen LogP contribution in [0.2, 0.25) is 0 Å². The Balaban J connectivity index is 1.90. The van der Waals surface area contributed by atoms with E-state index >= 15 is 0 Å². The molecule has 1 fully saturated rings. The summed E-state index contributed by atoms with van der Waals surface area (Å²) in [6.07, 6.45) is -1.12. The van der Waals surface area contributed by atoms with Crippen molar-refractivity contribution in [1.29, 1.82) is 0 Å². The summed E-state index contributed by atoms with van der Waals surface area (Å²) in [5, 5.41) is 2.45. The van der Waals surface area contributed by atoms with E-state index in [9.17, 15) is 23.6 Å². The van der Waals surface area contributed by atoms with E-state index < -0.39 is 47.8 Å². The van der Waals surface area contributed by atoms with Crippen molar-refractivity contribution in [2.45, 2.75) is 39.0 Å². The van der Waals surface area contributed by atoms with Crippen LogP contribution in [0.5, 0.6) is 0 Å². The lowest BCUT2D eigenvalue weighted by Crippen LogP contribution is -2.42. The first kappa shape index (κ1) is 20.3. The molecule has 1 saturated heterocycles. The van der Waals surface area contributed by atoms with Gasteiger partial charge in [-0.3, -0.25) is 19.3 Å². The molecule has 0 saturated carbocycles. The molecule has 146 valence electrons. The zero-order valence-corrected chi connectivity index (χ0v) is 15.6. The minimum atomic E-state index is -1.12. The summed E-state index contributed by atoms with van der Waals surface area (Å²) in [5.41, 5.74) is -0.504. The summed E-state index contributed by atoms with van der Waals surface area (Å²) >= 11 is 0. The van der Waals surface area contributed by atoms with Gasteiger partial charge in [0.25, 0.3) is 11.8 Å². The van der Waals surface area contributed by atoms with Gasteiger partial charge in [-0.2, -0.15) is 0 Å². The Morgan fingerprint density at radius 2 is 2.00 bits per heavy atom. The van der Waals surface area contributed by atoms with Crippen LogP contribution < -0.4 is 5.32 Å². The number of urea groups is 1. The predicted octanol–water partition coefficient (Wildman–Crippen LogP) is 1.05. The van der Waals surface area contributed by atoms with Crippen molar-refractivity contribution < 1.29 is 28.3 Å². The van der Waals surface area contributed by atoms with Gasteiger partial charge in [0.15, 0.2) is 6.10 Å². The fourth-order valence-corrected chi connectivity index (χ4v) is 2.67. The fourth-order valence-electron chi connectivity index (χ4n) is 2.67. The Labute approximate surface area is 156 Å². The number of amides is 4. The van der Waals surface area contributed by atoms with Crippen molar-refractivity contribution >= 4 is 23.8 Å². The Hall–Kier alpha value is -2.97. The molecule has 1 aliphatic rings. The molecular weight excluding hydrogens is 357 g/mol. The first-order valence-electron chi connectivity index (χ1n) is 8.34. The van der Waals surface area contributed by atoms with Gasteiger partial charge in [-0.15, -0.1) is 0 Å². The molecule has 1 atom stereocenters. The van der Waals surface area contributed by atoms with Crippen LogP contribution in [-0.2, 0) is 25.7 Å². The number of imide groups is 1. The van der Waals surface area contributed by atoms with Gasteiger partial charge in [0, 0.05) is 13.6 Å². The Morgan fingerprint density at radius 3 is 2.56 bits per heavy atom.